The lowest BCUT2D eigenvalue weighted by molar-refractivity contribution is -0.134. The lowest BCUT2D eigenvalue weighted by Crippen LogP contribution is -2.55. The quantitative estimate of drug-likeness (QED) is 0.363. The monoisotopic (exact) mass is 510 g/mol. The number of piperazine rings is 1. The highest BCUT2D eigenvalue weighted by atomic mass is 16.3. The number of nitrogens with zero attached hydrogens (tertiary/aromatic N) is 5. The minimum Gasteiger partial charge on any atom is -0.394 e. The normalized spacial score (nSPS) is 24.0. The number of nitrogens with one attached hydrogen (secondary N) is 1. The first-order valence-electron chi connectivity index (χ1n) is 12.7. The third-order valence-corrected chi connectivity index (χ3v) is 7.77. The Labute approximate surface area is 214 Å². The number of benzene rings is 1. The van der Waals surface area contributed by atoms with Crippen LogP contribution in [0.4, 0.5) is 10.6 Å². The zero-order chi connectivity index (χ0) is 26.1. The van der Waals surface area contributed by atoms with Crippen LogP contribution in [0.1, 0.15) is 5.56 Å². The topological polar surface area (TPSA) is 163 Å². The highest BCUT2D eigenvalue weighted by Gasteiger charge is 2.54. The van der Waals surface area contributed by atoms with Gasteiger partial charge in [0.2, 0.25) is 5.91 Å². The molecule has 3 aliphatic rings. The molecular weight excluding hydrogens is 476 g/mol. The van der Waals surface area contributed by atoms with Gasteiger partial charge >= 0.3 is 11.7 Å². The van der Waals surface area contributed by atoms with Crippen molar-refractivity contribution in [3.63, 3.8) is 0 Å². The molecule has 0 bridgehead atoms. The highest BCUT2D eigenvalue weighted by Crippen LogP contribution is 2.51. The first-order valence-corrected chi connectivity index (χ1v) is 12.7. The second kappa shape index (κ2) is 10.6. The largest absolute Gasteiger partial charge is 0.394 e. The second-order valence-electron chi connectivity index (χ2n) is 10.1. The Morgan fingerprint density at radius 3 is 2.30 bits per heavy atom. The third kappa shape index (κ3) is 5.37. The van der Waals surface area contributed by atoms with Crippen molar-refractivity contribution in [3.05, 3.63) is 52.6 Å². The van der Waals surface area contributed by atoms with E-state index in [1.165, 1.54) is 15.0 Å². The number of amides is 3. The van der Waals surface area contributed by atoms with Crippen molar-refractivity contribution in [2.75, 3.05) is 57.7 Å². The molecule has 0 spiro atoms. The maximum atomic E-state index is 12.7. The number of carbonyl (C=O) groups is 2. The summed E-state index contributed by atoms with van der Waals surface area (Å²) in [4.78, 5) is 46.9. The van der Waals surface area contributed by atoms with Crippen molar-refractivity contribution in [3.8, 4) is 5.69 Å². The number of anilines is 1. The number of rotatable bonds is 7. The molecule has 12 nitrogen and oxygen atoms in total. The second-order valence-corrected chi connectivity index (χ2v) is 10.1. The standard InChI is InChI=1S/C25H34N8O4/c26-11-18-19-13-30(14-20(18)19)12-16-1-3-17(4-2-16)33-6-5-22(29-25(33)37)28-24(36)32-9-7-31(8-10-32)23(35)21(27)15-34/h1-6,18-21,34H,7-15,26-27H2,(H,28,29,36,37)/t18?,19-,20?,21?/m0/s1. The fourth-order valence-electron chi connectivity index (χ4n) is 5.54. The number of aromatic nitrogens is 2. The fourth-order valence-corrected chi connectivity index (χ4v) is 5.54. The molecule has 1 aliphatic carbocycles. The van der Waals surface area contributed by atoms with Gasteiger partial charge in [0.25, 0.3) is 0 Å². The van der Waals surface area contributed by atoms with E-state index in [2.05, 4.69) is 15.2 Å². The van der Waals surface area contributed by atoms with E-state index in [0.717, 1.165) is 38.0 Å². The van der Waals surface area contributed by atoms with Crippen LogP contribution in [-0.4, -0.2) is 99.8 Å². The van der Waals surface area contributed by atoms with Crippen molar-refractivity contribution in [1.29, 1.82) is 0 Å². The van der Waals surface area contributed by atoms with Crippen molar-refractivity contribution in [1.82, 2.24) is 24.3 Å². The van der Waals surface area contributed by atoms with E-state index in [1.807, 2.05) is 24.3 Å². The molecule has 3 fully saturated rings. The molecule has 2 aromatic rings. The lowest BCUT2D eigenvalue weighted by atomic mass is 10.1. The van der Waals surface area contributed by atoms with E-state index in [0.29, 0.717) is 37.8 Å². The van der Waals surface area contributed by atoms with Gasteiger partial charge in [-0.2, -0.15) is 4.98 Å². The average Bonchev–Trinajstić information content (AvgIpc) is 3.40. The fraction of sp³-hybridized carbons (Fsp3) is 0.520. The molecule has 3 heterocycles. The molecule has 37 heavy (non-hydrogen) atoms. The molecule has 5 rings (SSSR count). The molecule has 3 unspecified atom stereocenters. The summed E-state index contributed by atoms with van der Waals surface area (Å²) in [7, 11) is 0. The Hall–Kier alpha value is -3.32. The highest BCUT2D eigenvalue weighted by molar-refractivity contribution is 5.88. The molecule has 4 atom stereocenters. The van der Waals surface area contributed by atoms with E-state index in [-0.39, 0.29) is 11.7 Å². The number of fused-ring (bicyclic) bond motifs is 1. The van der Waals surface area contributed by atoms with Gasteiger partial charge in [-0.3, -0.25) is 19.6 Å². The van der Waals surface area contributed by atoms with E-state index < -0.39 is 24.4 Å². The predicted molar refractivity (Wildman–Crippen MR) is 137 cm³/mol. The Morgan fingerprint density at radius 1 is 1.05 bits per heavy atom. The number of nitrogens with two attached hydrogens (primary N) is 2. The third-order valence-electron chi connectivity index (χ3n) is 7.77. The Balaban J connectivity index is 1.13. The molecule has 1 aromatic carbocycles. The maximum absolute atomic E-state index is 12.7. The van der Waals surface area contributed by atoms with E-state index in [4.69, 9.17) is 16.6 Å². The van der Waals surface area contributed by atoms with Crippen LogP contribution in [0.3, 0.4) is 0 Å². The number of urea groups is 1. The first kappa shape index (κ1) is 25.3. The zero-order valence-electron chi connectivity index (χ0n) is 20.7. The molecule has 0 radical (unpaired) electrons. The van der Waals surface area contributed by atoms with Gasteiger partial charge < -0.3 is 26.4 Å². The molecule has 2 saturated heterocycles. The first-order chi connectivity index (χ1) is 17.9. The number of carbonyl (C=O) groups excluding carboxylic acids is 2. The maximum Gasteiger partial charge on any atom is 0.354 e. The van der Waals surface area contributed by atoms with Crippen molar-refractivity contribution >= 4 is 17.8 Å². The Morgan fingerprint density at radius 2 is 1.70 bits per heavy atom. The molecule has 3 amide bonds. The van der Waals surface area contributed by atoms with Gasteiger partial charge in [0.1, 0.15) is 11.9 Å². The number of likely N-dealkylation sites (tertiary alicyclic amines) is 1. The van der Waals surface area contributed by atoms with E-state index in [9.17, 15) is 14.4 Å². The van der Waals surface area contributed by atoms with Crippen LogP contribution in [0.5, 0.6) is 0 Å². The van der Waals surface area contributed by atoms with Crippen LogP contribution in [0.2, 0.25) is 0 Å². The molecule has 6 N–H and O–H groups in total. The van der Waals surface area contributed by atoms with E-state index >= 15 is 0 Å². The Bertz CT molecular complexity index is 1180. The Kier molecular flexibility index (Phi) is 7.24. The van der Waals surface area contributed by atoms with Gasteiger partial charge in [-0.05, 0) is 48.1 Å². The molecule has 198 valence electrons. The van der Waals surface area contributed by atoms with Gasteiger partial charge in [-0.25, -0.2) is 9.59 Å². The van der Waals surface area contributed by atoms with Crippen LogP contribution in [0, 0.1) is 17.8 Å². The van der Waals surface area contributed by atoms with Gasteiger partial charge in [-0.1, -0.05) is 12.1 Å². The van der Waals surface area contributed by atoms with Gasteiger partial charge in [-0.15, -0.1) is 0 Å². The summed E-state index contributed by atoms with van der Waals surface area (Å²) in [6.45, 7) is 4.74. The summed E-state index contributed by atoms with van der Waals surface area (Å²) in [6.07, 6.45) is 1.59. The number of hydrogen-bond acceptors (Lipinski definition) is 8. The average molecular weight is 511 g/mol. The number of aliphatic hydroxyl groups is 1. The molecule has 1 aromatic heterocycles. The summed E-state index contributed by atoms with van der Waals surface area (Å²) in [5.74, 6) is 2.06. The molecule has 12 heteroatoms. The predicted octanol–water partition coefficient (Wildman–Crippen LogP) is -1.14. The minimum atomic E-state index is -0.951. The van der Waals surface area contributed by atoms with Gasteiger partial charge in [0.15, 0.2) is 0 Å². The smallest absolute Gasteiger partial charge is 0.354 e. The number of hydrogen-bond donors (Lipinski definition) is 4. The summed E-state index contributed by atoms with van der Waals surface area (Å²) < 4.78 is 1.44. The number of piperidine rings is 1. The number of aliphatic hydroxyl groups excluding tert-OH is 1. The zero-order valence-corrected chi connectivity index (χ0v) is 20.7. The summed E-state index contributed by atoms with van der Waals surface area (Å²) in [5.41, 5.74) is 12.8. The SMILES string of the molecule is NCC1C2CN(Cc3ccc(-n4ccc(NC(=O)N5CCN(C(=O)C(N)CO)CC5)nc4=O)cc3)C[C@@H]12. The van der Waals surface area contributed by atoms with Gasteiger partial charge in [0.05, 0.1) is 12.3 Å². The van der Waals surface area contributed by atoms with E-state index in [1.54, 1.807) is 17.2 Å². The van der Waals surface area contributed by atoms with Crippen LogP contribution in [0.15, 0.2) is 41.3 Å². The van der Waals surface area contributed by atoms with Crippen molar-refractivity contribution in [2.45, 2.75) is 12.6 Å². The van der Waals surface area contributed by atoms with Gasteiger partial charge in [0, 0.05) is 52.0 Å². The van der Waals surface area contributed by atoms with Crippen molar-refractivity contribution < 1.29 is 14.7 Å². The molecule has 1 saturated carbocycles. The van der Waals surface area contributed by atoms with Crippen LogP contribution >= 0.6 is 0 Å². The molecule has 2 aliphatic heterocycles. The summed E-state index contributed by atoms with van der Waals surface area (Å²) >= 11 is 0. The lowest BCUT2D eigenvalue weighted by Gasteiger charge is -2.35. The van der Waals surface area contributed by atoms with Crippen LogP contribution < -0.4 is 22.5 Å². The van der Waals surface area contributed by atoms with Crippen molar-refractivity contribution in [2.24, 2.45) is 29.2 Å². The molecular formula is C25H34N8O4. The summed E-state index contributed by atoms with van der Waals surface area (Å²) in [6, 6.07) is 8.09. The summed E-state index contributed by atoms with van der Waals surface area (Å²) in [5, 5.41) is 11.7. The van der Waals surface area contributed by atoms with Crippen LogP contribution in [-0.2, 0) is 11.3 Å². The minimum absolute atomic E-state index is 0.159. The van der Waals surface area contributed by atoms with Crippen LogP contribution in [0.25, 0.3) is 5.69 Å².